The van der Waals surface area contributed by atoms with Crippen LogP contribution in [0.4, 0.5) is 4.39 Å². The largest absolute Gasteiger partial charge is 0.466 e. The summed E-state index contributed by atoms with van der Waals surface area (Å²) in [5.74, 6) is -0.672. The molecule has 1 aromatic rings. The molecule has 2 atom stereocenters. The lowest BCUT2D eigenvalue weighted by Gasteiger charge is -2.31. The summed E-state index contributed by atoms with van der Waals surface area (Å²) in [6.45, 7) is 4.65. The summed E-state index contributed by atoms with van der Waals surface area (Å²) in [5.41, 5.74) is 0.217. The molecule has 0 spiro atoms. The molecule has 1 aromatic carbocycles. The number of hydrogen-bond donors (Lipinski definition) is 0. The van der Waals surface area contributed by atoms with Crippen molar-refractivity contribution in [3.63, 3.8) is 0 Å². The van der Waals surface area contributed by atoms with E-state index in [4.69, 9.17) is 4.74 Å². The molecule has 0 radical (unpaired) electrons. The zero-order chi connectivity index (χ0) is 19.7. The summed E-state index contributed by atoms with van der Waals surface area (Å²) in [6, 6.07) is 6.40. The molecule has 2 aliphatic rings. The van der Waals surface area contributed by atoms with Crippen molar-refractivity contribution in [2.75, 3.05) is 39.0 Å². The Bertz CT molecular complexity index is 783. The molecule has 8 heteroatoms. The van der Waals surface area contributed by atoms with Crippen molar-refractivity contribution in [1.82, 2.24) is 9.21 Å². The van der Waals surface area contributed by atoms with Crippen LogP contribution in [0.1, 0.15) is 25.3 Å². The van der Waals surface area contributed by atoms with E-state index in [0.29, 0.717) is 26.1 Å². The second-order valence-electron chi connectivity index (χ2n) is 7.59. The lowest BCUT2D eigenvalue weighted by Crippen LogP contribution is -2.42. The smallest absolute Gasteiger partial charge is 0.313 e. The molecular formula is C19H27FN2O4S. The number of fused-ring (bicyclic) bond motifs is 1. The van der Waals surface area contributed by atoms with E-state index >= 15 is 0 Å². The molecule has 0 saturated carbocycles. The van der Waals surface area contributed by atoms with E-state index in [1.807, 2.05) is 0 Å². The average molecular weight is 399 g/mol. The normalized spacial score (nSPS) is 27.1. The third-order valence-electron chi connectivity index (χ3n) is 5.71. The van der Waals surface area contributed by atoms with E-state index < -0.39 is 15.4 Å². The fourth-order valence-corrected chi connectivity index (χ4v) is 5.23. The minimum absolute atomic E-state index is 0.116. The quantitative estimate of drug-likeness (QED) is 0.709. The maximum Gasteiger partial charge on any atom is 0.313 e. The number of rotatable bonds is 5. The lowest BCUT2D eigenvalue weighted by atomic mass is 9.75. The maximum atomic E-state index is 13.1. The van der Waals surface area contributed by atoms with Crippen LogP contribution < -0.4 is 0 Å². The van der Waals surface area contributed by atoms with Gasteiger partial charge in [-0.15, -0.1) is 0 Å². The van der Waals surface area contributed by atoms with E-state index in [0.717, 1.165) is 18.5 Å². The second kappa shape index (κ2) is 7.85. The number of halogens is 1. The lowest BCUT2D eigenvalue weighted by molar-refractivity contribution is -0.157. The van der Waals surface area contributed by atoms with Gasteiger partial charge in [0.2, 0.25) is 10.0 Å². The molecule has 6 nitrogen and oxygen atoms in total. The first-order valence-electron chi connectivity index (χ1n) is 9.34. The summed E-state index contributed by atoms with van der Waals surface area (Å²) in [6.07, 6.45) is 2.59. The van der Waals surface area contributed by atoms with Gasteiger partial charge >= 0.3 is 5.97 Å². The molecule has 2 heterocycles. The molecule has 0 aromatic heterocycles. The molecule has 2 saturated heterocycles. The zero-order valence-electron chi connectivity index (χ0n) is 15.9. The van der Waals surface area contributed by atoms with Crippen LogP contribution in [0.2, 0.25) is 0 Å². The van der Waals surface area contributed by atoms with E-state index in [1.54, 1.807) is 19.1 Å². The van der Waals surface area contributed by atoms with Crippen molar-refractivity contribution in [2.24, 2.45) is 11.3 Å². The van der Waals surface area contributed by atoms with Crippen molar-refractivity contribution < 1.29 is 22.3 Å². The maximum absolute atomic E-state index is 13.1. The Balaban J connectivity index is 1.82. The van der Waals surface area contributed by atoms with E-state index in [9.17, 15) is 17.6 Å². The van der Waals surface area contributed by atoms with Crippen molar-refractivity contribution in [3.05, 3.63) is 35.6 Å². The Kier molecular flexibility index (Phi) is 5.88. The van der Waals surface area contributed by atoms with Gasteiger partial charge in [-0.25, -0.2) is 17.1 Å². The number of ether oxygens (including phenoxy) is 1. The molecular weight excluding hydrogens is 371 g/mol. The van der Waals surface area contributed by atoms with Crippen LogP contribution in [0.3, 0.4) is 0 Å². The molecule has 0 N–H and O–H groups in total. The van der Waals surface area contributed by atoms with Crippen molar-refractivity contribution in [2.45, 2.75) is 26.3 Å². The number of sulfonamides is 1. The Hall–Kier alpha value is -1.51. The molecule has 27 heavy (non-hydrogen) atoms. The Labute approximate surface area is 160 Å². The van der Waals surface area contributed by atoms with Crippen molar-refractivity contribution in [3.8, 4) is 0 Å². The van der Waals surface area contributed by atoms with Gasteiger partial charge in [-0.3, -0.25) is 9.69 Å². The third-order valence-corrected chi connectivity index (χ3v) is 6.93. The van der Waals surface area contributed by atoms with E-state index in [1.165, 1.54) is 22.7 Å². The fraction of sp³-hybridized carbons (Fsp3) is 0.632. The highest BCUT2D eigenvalue weighted by atomic mass is 32.2. The predicted molar refractivity (Wildman–Crippen MR) is 99.9 cm³/mol. The molecule has 0 amide bonds. The number of carbonyl (C=O) groups excluding carboxylic acids is 1. The minimum atomic E-state index is -3.38. The topological polar surface area (TPSA) is 66.9 Å². The van der Waals surface area contributed by atoms with Crippen LogP contribution in [0.15, 0.2) is 24.3 Å². The van der Waals surface area contributed by atoms with Gasteiger partial charge in [-0.1, -0.05) is 12.1 Å². The number of benzene rings is 1. The van der Waals surface area contributed by atoms with Crippen molar-refractivity contribution >= 4 is 16.0 Å². The van der Waals surface area contributed by atoms with Gasteiger partial charge in [0.15, 0.2) is 0 Å². The number of nitrogens with zero attached hydrogens (tertiary/aromatic N) is 2. The van der Waals surface area contributed by atoms with E-state index in [-0.39, 0.29) is 30.9 Å². The van der Waals surface area contributed by atoms with Crippen LogP contribution in [0.5, 0.6) is 0 Å². The zero-order valence-corrected chi connectivity index (χ0v) is 16.7. The van der Waals surface area contributed by atoms with Crippen LogP contribution in [-0.4, -0.2) is 62.6 Å². The number of carbonyl (C=O) groups is 1. The first kappa shape index (κ1) is 20.2. The van der Waals surface area contributed by atoms with Gasteiger partial charge in [0.05, 0.1) is 18.3 Å². The van der Waals surface area contributed by atoms with Gasteiger partial charge < -0.3 is 4.74 Å². The number of likely N-dealkylation sites (tertiary alicyclic amines) is 1. The van der Waals surface area contributed by atoms with Crippen LogP contribution in [0.25, 0.3) is 0 Å². The summed E-state index contributed by atoms with van der Waals surface area (Å²) < 4.78 is 44.1. The summed E-state index contributed by atoms with van der Waals surface area (Å²) in [7, 11) is -3.38. The summed E-state index contributed by atoms with van der Waals surface area (Å²) in [5, 5.41) is 0. The third kappa shape index (κ3) is 4.33. The van der Waals surface area contributed by atoms with Crippen LogP contribution in [0, 0.1) is 17.2 Å². The van der Waals surface area contributed by atoms with Crippen molar-refractivity contribution in [1.29, 1.82) is 0 Å². The monoisotopic (exact) mass is 398 g/mol. The van der Waals surface area contributed by atoms with Gasteiger partial charge in [0.1, 0.15) is 5.82 Å². The van der Waals surface area contributed by atoms with Gasteiger partial charge in [0, 0.05) is 32.1 Å². The molecule has 0 bridgehead atoms. The molecule has 2 fully saturated rings. The Morgan fingerprint density at radius 1 is 1.30 bits per heavy atom. The highest BCUT2D eigenvalue weighted by Gasteiger charge is 2.55. The van der Waals surface area contributed by atoms with Crippen LogP contribution in [-0.2, 0) is 26.1 Å². The molecule has 2 aliphatic heterocycles. The first-order valence-corrected chi connectivity index (χ1v) is 11.2. The minimum Gasteiger partial charge on any atom is -0.466 e. The highest BCUT2D eigenvalue weighted by molar-refractivity contribution is 7.88. The highest BCUT2D eigenvalue weighted by Crippen LogP contribution is 2.44. The van der Waals surface area contributed by atoms with E-state index in [2.05, 4.69) is 4.90 Å². The first-order chi connectivity index (χ1) is 12.7. The standard InChI is InChI=1S/C19H27FN2O4S/c1-3-26-18(23)19-9-4-10-21(11-15-5-7-17(20)8-6-15)12-16(19)13-22(14-19)27(2,24)25/h5-8,16H,3-4,9-14H2,1-2H3/t16-,19-/m0/s1. The second-order valence-corrected chi connectivity index (χ2v) is 9.58. The Morgan fingerprint density at radius 2 is 2.00 bits per heavy atom. The summed E-state index contributed by atoms with van der Waals surface area (Å²) >= 11 is 0. The predicted octanol–water partition coefficient (Wildman–Crippen LogP) is 1.86. The summed E-state index contributed by atoms with van der Waals surface area (Å²) in [4.78, 5) is 15.1. The van der Waals surface area contributed by atoms with Gasteiger partial charge in [-0.2, -0.15) is 0 Å². The molecule has 0 unspecified atom stereocenters. The number of esters is 1. The molecule has 3 rings (SSSR count). The van der Waals surface area contributed by atoms with Gasteiger partial charge in [0.25, 0.3) is 0 Å². The van der Waals surface area contributed by atoms with Crippen LogP contribution >= 0.6 is 0 Å². The number of hydrogen-bond acceptors (Lipinski definition) is 5. The average Bonchev–Trinajstić information content (AvgIpc) is 2.88. The molecule has 150 valence electrons. The SMILES string of the molecule is CCOC(=O)[C@]12CCCN(Cc3ccc(F)cc3)C[C@H]1CN(S(C)(=O)=O)C2. The Morgan fingerprint density at radius 3 is 2.63 bits per heavy atom. The van der Waals surface area contributed by atoms with Gasteiger partial charge in [-0.05, 0) is 44.0 Å². The fourth-order valence-electron chi connectivity index (χ4n) is 4.32. The molecule has 0 aliphatic carbocycles.